The van der Waals surface area contributed by atoms with Gasteiger partial charge < -0.3 is 20.3 Å². The number of nitrogens with one attached hydrogen (secondary N) is 2. The summed E-state index contributed by atoms with van der Waals surface area (Å²) >= 11 is 0. The molecule has 0 unspecified atom stereocenters. The lowest BCUT2D eigenvalue weighted by Crippen LogP contribution is -2.43. The highest BCUT2D eigenvalue weighted by Crippen LogP contribution is 2.28. The third-order valence-corrected chi connectivity index (χ3v) is 8.26. The number of fused-ring (bicyclic) bond motifs is 1. The Balaban J connectivity index is 1.28. The Hall–Kier alpha value is -3.46. The first-order valence-corrected chi connectivity index (χ1v) is 13.9. The zero-order valence-electron chi connectivity index (χ0n) is 22.0. The number of urea groups is 1. The van der Waals surface area contributed by atoms with Crippen LogP contribution < -0.4 is 16.2 Å². The van der Waals surface area contributed by atoms with Crippen LogP contribution in [0.1, 0.15) is 56.6 Å². The van der Waals surface area contributed by atoms with Gasteiger partial charge in [-0.25, -0.2) is 9.78 Å². The first-order valence-electron chi connectivity index (χ1n) is 13.9. The molecule has 1 aromatic carbocycles. The third-order valence-electron chi connectivity index (χ3n) is 8.26. The van der Waals surface area contributed by atoms with E-state index in [0.717, 1.165) is 48.6 Å². The number of rotatable bonds is 5. The molecular weight excluding hydrogens is 480 g/mol. The van der Waals surface area contributed by atoms with Gasteiger partial charge in [-0.3, -0.25) is 9.36 Å². The maximum atomic E-state index is 13.9. The predicted molar refractivity (Wildman–Crippen MR) is 147 cm³/mol. The van der Waals surface area contributed by atoms with E-state index in [4.69, 9.17) is 9.72 Å². The molecule has 2 amide bonds. The van der Waals surface area contributed by atoms with Crippen LogP contribution in [0.25, 0.3) is 22.2 Å². The van der Waals surface area contributed by atoms with Gasteiger partial charge in [0.05, 0.1) is 0 Å². The second-order valence-electron chi connectivity index (χ2n) is 10.9. The minimum absolute atomic E-state index is 0.0201. The van der Waals surface area contributed by atoms with Crippen molar-refractivity contribution in [3.8, 4) is 11.1 Å². The van der Waals surface area contributed by atoms with Crippen molar-refractivity contribution in [2.45, 2.75) is 70.0 Å². The first-order chi connectivity index (χ1) is 18.6. The van der Waals surface area contributed by atoms with E-state index in [9.17, 15) is 9.59 Å². The average molecular weight is 517 g/mol. The van der Waals surface area contributed by atoms with Crippen molar-refractivity contribution >= 4 is 23.0 Å². The Bertz CT molecular complexity index is 1380. The number of ether oxygens (including phenoxy) is 1. The number of amides is 2. The number of carbonyl (C=O) groups excluding carboxylic acids is 1. The lowest BCUT2D eigenvalue weighted by atomic mass is 10.00. The summed E-state index contributed by atoms with van der Waals surface area (Å²) < 4.78 is 7.46. The number of carbonyl (C=O) groups is 1. The fourth-order valence-electron chi connectivity index (χ4n) is 6.12. The van der Waals surface area contributed by atoms with Crippen molar-refractivity contribution in [2.75, 3.05) is 31.6 Å². The monoisotopic (exact) mass is 516 g/mol. The highest BCUT2D eigenvalue weighted by molar-refractivity contribution is 5.82. The van der Waals surface area contributed by atoms with Crippen molar-refractivity contribution < 1.29 is 9.53 Å². The second-order valence-corrected chi connectivity index (χ2v) is 10.9. The van der Waals surface area contributed by atoms with Crippen molar-refractivity contribution in [2.24, 2.45) is 0 Å². The van der Waals surface area contributed by atoms with E-state index in [-0.39, 0.29) is 23.7 Å². The molecule has 2 N–H and O–H groups in total. The topological polar surface area (TPSA) is 101 Å². The summed E-state index contributed by atoms with van der Waals surface area (Å²) in [6, 6.07) is 10.3. The summed E-state index contributed by atoms with van der Waals surface area (Å²) in [5.74, 6) is 0.490. The van der Waals surface area contributed by atoms with Crippen LogP contribution in [0.15, 0.2) is 41.3 Å². The van der Waals surface area contributed by atoms with Crippen molar-refractivity contribution in [3.63, 3.8) is 0 Å². The molecule has 2 saturated heterocycles. The summed E-state index contributed by atoms with van der Waals surface area (Å²) in [6.07, 6.45) is 8.72. The molecule has 3 fully saturated rings. The fraction of sp³-hybridized carbons (Fsp3) is 0.517. The van der Waals surface area contributed by atoms with E-state index < -0.39 is 0 Å². The van der Waals surface area contributed by atoms with Gasteiger partial charge in [0, 0.05) is 61.6 Å². The van der Waals surface area contributed by atoms with Gasteiger partial charge in [-0.05, 0) is 56.2 Å². The summed E-state index contributed by atoms with van der Waals surface area (Å²) in [6.45, 7) is 4.60. The molecule has 2 aliphatic heterocycles. The van der Waals surface area contributed by atoms with Crippen molar-refractivity contribution in [3.05, 3.63) is 52.4 Å². The van der Waals surface area contributed by atoms with Crippen molar-refractivity contribution in [1.29, 1.82) is 0 Å². The quantitative estimate of drug-likeness (QED) is 0.526. The molecule has 3 aromatic rings. The minimum atomic E-state index is -0.0287. The molecule has 0 spiro atoms. The number of aromatic nitrogens is 3. The average Bonchev–Trinajstić information content (AvgIpc) is 3.62. The molecule has 200 valence electrons. The van der Waals surface area contributed by atoms with Crippen LogP contribution in [-0.4, -0.2) is 63.9 Å². The van der Waals surface area contributed by atoms with Gasteiger partial charge in [0.15, 0.2) is 0 Å². The largest absolute Gasteiger partial charge is 0.381 e. The van der Waals surface area contributed by atoms with Crippen LogP contribution in [-0.2, 0) is 4.74 Å². The number of aryl methyl sites for hydroxylation is 1. The number of likely N-dealkylation sites (tertiary alicyclic amines) is 1. The van der Waals surface area contributed by atoms with Gasteiger partial charge in [-0.15, -0.1) is 0 Å². The highest BCUT2D eigenvalue weighted by atomic mass is 16.5. The standard InChI is InChI=1S/C29H36N6O3/c1-19-6-2-5-9-24(19)25-16-20-17-30-28(33-26(20)35(27(25)36)23-11-14-38-15-12-23)31-22-10-13-34(18-22)29(37)32-21-7-3-4-8-21/h2,5-6,9,16-17,21-23H,3-4,7-8,10-15,18H2,1H3,(H,32,37)(H,30,31,33)/t22-/m0/s1. The summed E-state index contributed by atoms with van der Waals surface area (Å²) in [5.41, 5.74) is 3.28. The SMILES string of the molecule is Cc1ccccc1-c1cc2cnc(N[C@H]3CCN(C(=O)NC4CCCC4)C3)nc2n(C2CCOCC2)c1=O. The smallest absolute Gasteiger partial charge is 0.317 e. The minimum Gasteiger partial charge on any atom is -0.381 e. The number of nitrogens with zero attached hydrogens (tertiary/aromatic N) is 4. The molecule has 9 heteroatoms. The van der Waals surface area contributed by atoms with Crippen LogP contribution in [0.3, 0.4) is 0 Å². The lowest BCUT2D eigenvalue weighted by molar-refractivity contribution is 0.0697. The maximum Gasteiger partial charge on any atom is 0.317 e. The normalized spacial score (nSPS) is 20.8. The van der Waals surface area contributed by atoms with Crippen LogP contribution in [0.4, 0.5) is 10.7 Å². The number of hydrogen-bond acceptors (Lipinski definition) is 6. The van der Waals surface area contributed by atoms with Gasteiger partial charge >= 0.3 is 6.03 Å². The van der Waals surface area contributed by atoms with E-state index in [0.29, 0.717) is 49.5 Å². The molecule has 3 aliphatic rings. The molecule has 0 radical (unpaired) electrons. The predicted octanol–water partition coefficient (Wildman–Crippen LogP) is 4.26. The summed E-state index contributed by atoms with van der Waals surface area (Å²) in [5, 5.41) is 7.45. The number of hydrogen-bond donors (Lipinski definition) is 2. The molecule has 0 bridgehead atoms. The van der Waals surface area contributed by atoms with Crippen LogP contribution in [0.5, 0.6) is 0 Å². The first kappa shape index (κ1) is 24.9. The van der Waals surface area contributed by atoms with Gasteiger partial charge in [-0.2, -0.15) is 4.98 Å². The molecule has 1 aliphatic carbocycles. The van der Waals surface area contributed by atoms with Crippen LogP contribution in [0, 0.1) is 6.92 Å². The maximum absolute atomic E-state index is 13.9. The van der Waals surface area contributed by atoms with E-state index in [2.05, 4.69) is 15.6 Å². The zero-order chi connectivity index (χ0) is 26.1. The van der Waals surface area contributed by atoms with Gasteiger partial charge in [0.1, 0.15) is 5.65 Å². The second kappa shape index (κ2) is 10.7. The third kappa shape index (κ3) is 4.99. The molecular formula is C29H36N6O3. The molecule has 9 nitrogen and oxygen atoms in total. The molecule has 1 saturated carbocycles. The van der Waals surface area contributed by atoms with Crippen LogP contribution >= 0.6 is 0 Å². The zero-order valence-corrected chi connectivity index (χ0v) is 22.0. The number of anilines is 1. The summed E-state index contributed by atoms with van der Waals surface area (Å²) in [7, 11) is 0. The van der Waals surface area contributed by atoms with E-state index in [1.54, 1.807) is 6.20 Å². The Morgan fingerprint density at radius 3 is 2.61 bits per heavy atom. The fourth-order valence-corrected chi connectivity index (χ4v) is 6.12. The van der Waals surface area contributed by atoms with E-state index >= 15 is 0 Å². The molecule has 6 rings (SSSR count). The number of benzene rings is 1. The molecule has 1 atom stereocenters. The van der Waals surface area contributed by atoms with E-state index in [1.807, 2.05) is 46.7 Å². The van der Waals surface area contributed by atoms with E-state index in [1.165, 1.54) is 12.8 Å². The highest BCUT2D eigenvalue weighted by Gasteiger charge is 2.29. The molecule has 38 heavy (non-hydrogen) atoms. The Morgan fingerprint density at radius 1 is 1.03 bits per heavy atom. The van der Waals surface area contributed by atoms with Gasteiger partial charge in [-0.1, -0.05) is 37.1 Å². The van der Waals surface area contributed by atoms with Crippen LogP contribution in [0.2, 0.25) is 0 Å². The Labute approximate surface area is 222 Å². The lowest BCUT2D eigenvalue weighted by Gasteiger charge is -2.26. The van der Waals surface area contributed by atoms with Gasteiger partial charge in [0.25, 0.3) is 5.56 Å². The number of pyridine rings is 1. The molecule has 2 aromatic heterocycles. The van der Waals surface area contributed by atoms with Crippen molar-refractivity contribution in [1.82, 2.24) is 24.8 Å². The molecule has 4 heterocycles. The Morgan fingerprint density at radius 2 is 1.82 bits per heavy atom. The van der Waals surface area contributed by atoms with Gasteiger partial charge in [0.2, 0.25) is 5.95 Å². The Kier molecular flexibility index (Phi) is 7.02. The summed E-state index contributed by atoms with van der Waals surface area (Å²) in [4.78, 5) is 38.0.